The van der Waals surface area contributed by atoms with Crippen LogP contribution in [0.5, 0.6) is 5.75 Å². The summed E-state index contributed by atoms with van der Waals surface area (Å²) in [6.45, 7) is 2.28. The molecule has 3 rings (SSSR count). The van der Waals surface area contributed by atoms with E-state index in [2.05, 4.69) is 10.1 Å². The fourth-order valence-corrected chi connectivity index (χ4v) is 3.13. The molecule has 6 nitrogen and oxygen atoms in total. The lowest BCUT2D eigenvalue weighted by Crippen LogP contribution is -2.08. The second-order valence-corrected chi connectivity index (χ2v) is 7.91. The number of hydrogen-bond donors (Lipinski definition) is 0. The van der Waals surface area contributed by atoms with Gasteiger partial charge in [0.05, 0.1) is 17.2 Å². The van der Waals surface area contributed by atoms with Gasteiger partial charge in [0, 0.05) is 11.8 Å². The summed E-state index contributed by atoms with van der Waals surface area (Å²) in [5.74, 6) is -0.776. The molecule has 0 N–H and O–H groups in total. The normalized spacial score (nSPS) is 12.2. The highest BCUT2D eigenvalue weighted by Gasteiger charge is 2.37. The van der Waals surface area contributed by atoms with Gasteiger partial charge in [0.15, 0.2) is 15.7 Å². The number of benzene rings is 2. The Balaban J connectivity index is 2.10. The van der Waals surface area contributed by atoms with Crippen molar-refractivity contribution in [3.8, 4) is 22.8 Å². The molecule has 0 bridgehead atoms. The number of alkyl halides is 3. The molecule has 1 aromatic heterocycles. The molecule has 0 aliphatic rings. The Hall–Kier alpha value is -2.88. The minimum absolute atomic E-state index is 0.0550. The summed E-state index contributed by atoms with van der Waals surface area (Å²) in [4.78, 5) is 3.68. The Kier molecular flexibility index (Phi) is 5.16. The molecule has 10 heteroatoms. The fourth-order valence-electron chi connectivity index (χ4n) is 2.50. The Labute approximate surface area is 159 Å². The van der Waals surface area contributed by atoms with E-state index in [0.29, 0.717) is 23.6 Å². The van der Waals surface area contributed by atoms with Crippen molar-refractivity contribution in [2.45, 2.75) is 18.0 Å². The minimum atomic E-state index is -4.72. The monoisotopic (exact) mass is 411 g/mol. The summed E-state index contributed by atoms with van der Waals surface area (Å²) in [5, 5.41) is 3.60. The molecule has 3 aromatic rings. The zero-order valence-corrected chi connectivity index (χ0v) is 15.8. The highest BCUT2D eigenvalue weighted by atomic mass is 32.2. The van der Waals surface area contributed by atoms with E-state index in [1.807, 2.05) is 6.92 Å². The topological polar surface area (TPSA) is 74.1 Å². The SMILES string of the molecule is CCOc1ccc(-n2nc(C(F)(F)F)nc2-c2ccc(S(C)(=O)=O)cc2)cc1. The summed E-state index contributed by atoms with van der Waals surface area (Å²) in [5.41, 5.74) is 0.651. The zero-order chi connectivity index (χ0) is 20.5. The molecule has 1 heterocycles. The second kappa shape index (κ2) is 7.27. The van der Waals surface area contributed by atoms with Crippen molar-refractivity contribution < 1.29 is 26.3 Å². The molecule has 0 saturated carbocycles. The number of halogens is 3. The first-order valence-electron chi connectivity index (χ1n) is 8.17. The van der Waals surface area contributed by atoms with Crippen LogP contribution in [0.2, 0.25) is 0 Å². The first-order valence-corrected chi connectivity index (χ1v) is 10.1. The van der Waals surface area contributed by atoms with Crippen LogP contribution in [0.15, 0.2) is 53.4 Å². The molecule has 0 radical (unpaired) electrons. The lowest BCUT2D eigenvalue weighted by Gasteiger charge is -2.08. The third-order valence-electron chi connectivity index (χ3n) is 3.79. The summed E-state index contributed by atoms with van der Waals surface area (Å²) < 4.78 is 69.1. The van der Waals surface area contributed by atoms with Crippen molar-refractivity contribution in [2.24, 2.45) is 0 Å². The Morgan fingerprint density at radius 1 is 1.04 bits per heavy atom. The molecule has 0 spiro atoms. The van der Waals surface area contributed by atoms with E-state index in [4.69, 9.17) is 4.74 Å². The average molecular weight is 411 g/mol. The fraction of sp³-hybridized carbons (Fsp3) is 0.222. The van der Waals surface area contributed by atoms with Crippen LogP contribution in [0.4, 0.5) is 13.2 Å². The van der Waals surface area contributed by atoms with Crippen molar-refractivity contribution in [3.05, 3.63) is 54.4 Å². The van der Waals surface area contributed by atoms with Crippen LogP contribution in [0.25, 0.3) is 17.1 Å². The van der Waals surface area contributed by atoms with Crippen LogP contribution >= 0.6 is 0 Å². The molecule has 28 heavy (non-hydrogen) atoms. The van der Waals surface area contributed by atoms with Crippen molar-refractivity contribution in [3.63, 3.8) is 0 Å². The van der Waals surface area contributed by atoms with Gasteiger partial charge in [0.1, 0.15) is 5.75 Å². The van der Waals surface area contributed by atoms with E-state index >= 15 is 0 Å². The van der Waals surface area contributed by atoms with Gasteiger partial charge in [-0.1, -0.05) is 0 Å². The molecule has 0 aliphatic carbocycles. The number of aromatic nitrogens is 3. The van der Waals surface area contributed by atoms with Crippen LogP contribution in [0.3, 0.4) is 0 Å². The van der Waals surface area contributed by atoms with Crippen molar-refractivity contribution in [2.75, 3.05) is 12.9 Å². The predicted molar refractivity (Wildman–Crippen MR) is 96.1 cm³/mol. The number of rotatable bonds is 5. The van der Waals surface area contributed by atoms with E-state index in [1.54, 1.807) is 24.3 Å². The van der Waals surface area contributed by atoms with Crippen molar-refractivity contribution in [1.29, 1.82) is 0 Å². The standard InChI is InChI=1S/C18H16F3N3O3S/c1-3-27-14-8-6-13(7-9-14)24-16(22-17(23-24)18(19,20)21)12-4-10-15(11-5-12)28(2,25)26/h4-11H,3H2,1-2H3. The van der Waals surface area contributed by atoms with E-state index in [1.165, 1.54) is 24.3 Å². The molecule has 2 aromatic carbocycles. The maximum atomic E-state index is 13.2. The zero-order valence-electron chi connectivity index (χ0n) is 14.9. The molecule has 0 fully saturated rings. The lowest BCUT2D eigenvalue weighted by atomic mass is 10.2. The van der Waals surface area contributed by atoms with Gasteiger partial charge < -0.3 is 4.74 Å². The minimum Gasteiger partial charge on any atom is -0.494 e. The molecule has 0 atom stereocenters. The Bertz CT molecular complexity index is 1070. The van der Waals surface area contributed by atoms with Gasteiger partial charge in [-0.05, 0) is 55.5 Å². The maximum Gasteiger partial charge on any atom is 0.453 e. The summed E-state index contributed by atoms with van der Waals surface area (Å²) in [7, 11) is -3.43. The smallest absolute Gasteiger partial charge is 0.453 e. The summed E-state index contributed by atoms with van der Waals surface area (Å²) in [6, 6.07) is 11.8. The highest BCUT2D eigenvalue weighted by molar-refractivity contribution is 7.90. The Morgan fingerprint density at radius 2 is 1.64 bits per heavy atom. The van der Waals surface area contributed by atoms with E-state index < -0.39 is 21.8 Å². The number of sulfone groups is 1. The molecule has 0 aliphatic heterocycles. The largest absolute Gasteiger partial charge is 0.494 e. The maximum absolute atomic E-state index is 13.2. The van der Waals surface area contributed by atoms with E-state index in [9.17, 15) is 21.6 Å². The molecule has 0 saturated heterocycles. The van der Waals surface area contributed by atoms with Crippen LogP contribution in [0.1, 0.15) is 12.7 Å². The molecular weight excluding hydrogens is 395 g/mol. The molecular formula is C18H16F3N3O3S. The van der Waals surface area contributed by atoms with E-state index in [-0.39, 0.29) is 10.7 Å². The van der Waals surface area contributed by atoms with Crippen LogP contribution in [-0.4, -0.2) is 36.0 Å². The third kappa shape index (κ3) is 4.16. The van der Waals surface area contributed by atoms with Gasteiger partial charge in [0.25, 0.3) is 5.82 Å². The van der Waals surface area contributed by atoms with Gasteiger partial charge in [-0.15, -0.1) is 5.10 Å². The highest BCUT2D eigenvalue weighted by Crippen LogP contribution is 2.31. The number of ether oxygens (including phenoxy) is 1. The summed E-state index contributed by atoms with van der Waals surface area (Å²) in [6.07, 6.45) is -3.68. The van der Waals surface area contributed by atoms with Crippen LogP contribution in [0, 0.1) is 0 Å². The van der Waals surface area contributed by atoms with E-state index in [0.717, 1.165) is 10.9 Å². The van der Waals surface area contributed by atoms with Crippen LogP contribution in [-0.2, 0) is 16.0 Å². The number of nitrogens with zero attached hydrogens (tertiary/aromatic N) is 3. The van der Waals surface area contributed by atoms with Gasteiger partial charge in [-0.2, -0.15) is 13.2 Å². The molecule has 0 unspecified atom stereocenters. The first kappa shape index (κ1) is 19.9. The van der Waals surface area contributed by atoms with Gasteiger partial charge >= 0.3 is 6.18 Å². The molecule has 0 amide bonds. The van der Waals surface area contributed by atoms with Gasteiger partial charge in [-0.25, -0.2) is 18.1 Å². The Morgan fingerprint density at radius 3 is 2.14 bits per heavy atom. The van der Waals surface area contributed by atoms with Crippen molar-refractivity contribution in [1.82, 2.24) is 14.8 Å². The average Bonchev–Trinajstić information content (AvgIpc) is 3.08. The first-order chi connectivity index (χ1) is 13.1. The second-order valence-electron chi connectivity index (χ2n) is 5.89. The molecule has 148 valence electrons. The van der Waals surface area contributed by atoms with Gasteiger partial charge in [-0.3, -0.25) is 0 Å². The van der Waals surface area contributed by atoms with Crippen LogP contribution < -0.4 is 4.74 Å². The third-order valence-corrected chi connectivity index (χ3v) is 4.92. The number of hydrogen-bond acceptors (Lipinski definition) is 5. The quantitative estimate of drug-likeness (QED) is 0.639. The van der Waals surface area contributed by atoms with Gasteiger partial charge in [0.2, 0.25) is 0 Å². The predicted octanol–water partition coefficient (Wildman–Crippen LogP) is 3.76. The lowest BCUT2D eigenvalue weighted by molar-refractivity contribution is -0.144. The van der Waals surface area contributed by atoms with Crippen molar-refractivity contribution >= 4 is 9.84 Å². The summed E-state index contributed by atoms with van der Waals surface area (Å²) >= 11 is 0.